The molecule has 5 nitrogen and oxygen atoms in total. The Balaban J connectivity index is 2.17. The first-order valence-corrected chi connectivity index (χ1v) is 9.37. The van der Waals surface area contributed by atoms with Gasteiger partial charge in [0.05, 0.1) is 12.0 Å². The van der Waals surface area contributed by atoms with Crippen molar-refractivity contribution in [1.82, 2.24) is 15.5 Å². The summed E-state index contributed by atoms with van der Waals surface area (Å²) in [6.07, 6.45) is 2.51. The largest absolute Gasteiger partial charge is 0.353 e. The van der Waals surface area contributed by atoms with Crippen molar-refractivity contribution in [3.05, 3.63) is 35.4 Å². The van der Waals surface area contributed by atoms with Crippen LogP contribution < -0.4 is 10.6 Å². The normalized spacial score (nSPS) is 21.5. The molecule has 1 fully saturated rings. The Labute approximate surface area is 151 Å². The fourth-order valence-electron chi connectivity index (χ4n) is 3.35. The molecule has 3 unspecified atom stereocenters. The number of nitrogens with zero attached hydrogens (tertiary/aromatic N) is 1. The fourth-order valence-corrected chi connectivity index (χ4v) is 3.35. The van der Waals surface area contributed by atoms with E-state index < -0.39 is 0 Å². The Morgan fingerprint density at radius 2 is 2.04 bits per heavy atom. The van der Waals surface area contributed by atoms with Gasteiger partial charge >= 0.3 is 6.03 Å². The highest BCUT2D eigenvalue weighted by molar-refractivity contribution is 5.81. The van der Waals surface area contributed by atoms with Crippen molar-refractivity contribution in [2.75, 3.05) is 13.1 Å². The summed E-state index contributed by atoms with van der Waals surface area (Å²) in [7, 11) is 0. The molecule has 0 saturated carbocycles. The van der Waals surface area contributed by atoms with Gasteiger partial charge in [-0.05, 0) is 45.6 Å². The molecule has 138 valence electrons. The lowest BCUT2D eigenvalue weighted by Gasteiger charge is -2.39. The molecule has 1 aromatic rings. The van der Waals surface area contributed by atoms with E-state index in [4.69, 9.17) is 0 Å². The lowest BCUT2D eigenvalue weighted by Crippen LogP contribution is -2.51. The zero-order valence-electron chi connectivity index (χ0n) is 15.8. The van der Waals surface area contributed by atoms with Gasteiger partial charge in [0.2, 0.25) is 5.91 Å². The molecule has 0 spiro atoms. The van der Waals surface area contributed by atoms with Gasteiger partial charge in [-0.3, -0.25) is 4.79 Å². The van der Waals surface area contributed by atoms with Crippen LogP contribution >= 0.6 is 0 Å². The van der Waals surface area contributed by atoms with E-state index in [1.807, 2.05) is 24.8 Å². The van der Waals surface area contributed by atoms with Crippen molar-refractivity contribution in [2.45, 2.75) is 59.0 Å². The Morgan fingerprint density at radius 3 is 2.68 bits per heavy atom. The van der Waals surface area contributed by atoms with Gasteiger partial charge in [0.1, 0.15) is 0 Å². The molecule has 1 heterocycles. The van der Waals surface area contributed by atoms with Crippen molar-refractivity contribution >= 4 is 11.9 Å². The maximum absolute atomic E-state index is 12.6. The molecule has 3 atom stereocenters. The molecule has 1 aromatic carbocycles. The van der Waals surface area contributed by atoms with E-state index in [1.54, 1.807) is 0 Å². The number of hydrogen-bond donors (Lipinski definition) is 2. The van der Waals surface area contributed by atoms with Gasteiger partial charge in [-0.2, -0.15) is 0 Å². The maximum atomic E-state index is 12.6. The first-order chi connectivity index (χ1) is 12.0. The van der Waals surface area contributed by atoms with E-state index in [1.165, 1.54) is 5.56 Å². The summed E-state index contributed by atoms with van der Waals surface area (Å²) in [4.78, 5) is 27.0. The van der Waals surface area contributed by atoms with Gasteiger partial charge in [-0.25, -0.2) is 4.79 Å². The quantitative estimate of drug-likeness (QED) is 0.859. The van der Waals surface area contributed by atoms with Gasteiger partial charge in [0, 0.05) is 19.1 Å². The predicted octanol–water partition coefficient (Wildman–Crippen LogP) is 3.39. The van der Waals surface area contributed by atoms with Crippen LogP contribution in [-0.2, 0) is 4.79 Å². The van der Waals surface area contributed by atoms with E-state index in [2.05, 4.69) is 42.7 Å². The molecule has 2 rings (SSSR count). The van der Waals surface area contributed by atoms with Crippen LogP contribution in [0.2, 0.25) is 0 Å². The molecule has 0 aliphatic carbocycles. The summed E-state index contributed by atoms with van der Waals surface area (Å²) in [5.74, 6) is -0.0796. The minimum atomic E-state index is -0.141. The van der Waals surface area contributed by atoms with Crippen molar-refractivity contribution < 1.29 is 9.59 Å². The highest BCUT2D eigenvalue weighted by Gasteiger charge is 2.35. The van der Waals surface area contributed by atoms with Crippen molar-refractivity contribution in [3.63, 3.8) is 0 Å². The first kappa shape index (κ1) is 19.3. The number of benzene rings is 1. The van der Waals surface area contributed by atoms with Gasteiger partial charge in [0.15, 0.2) is 0 Å². The molecule has 1 aliphatic heterocycles. The monoisotopic (exact) mass is 345 g/mol. The van der Waals surface area contributed by atoms with Crippen molar-refractivity contribution in [1.29, 1.82) is 0 Å². The third-order valence-corrected chi connectivity index (χ3v) is 4.97. The lowest BCUT2D eigenvalue weighted by molar-refractivity contribution is -0.127. The zero-order chi connectivity index (χ0) is 18.4. The fraction of sp³-hybridized carbons (Fsp3) is 0.600. The number of hydrogen-bond acceptors (Lipinski definition) is 2. The molecule has 3 amide bonds. The molecule has 0 aromatic heterocycles. The van der Waals surface area contributed by atoms with E-state index >= 15 is 0 Å². The number of urea groups is 1. The van der Waals surface area contributed by atoms with Crippen LogP contribution in [-0.4, -0.2) is 36.0 Å². The minimum Gasteiger partial charge on any atom is -0.353 e. The smallest absolute Gasteiger partial charge is 0.317 e. The third kappa shape index (κ3) is 4.97. The summed E-state index contributed by atoms with van der Waals surface area (Å²) < 4.78 is 0. The number of carbonyl (C=O) groups excluding carboxylic acids is 2. The van der Waals surface area contributed by atoms with Gasteiger partial charge in [0.25, 0.3) is 0 Å². The highest BCUT2D eigenvalue weighted by Crippen LogP contribution is 2.34. The van der Waals surface area contributed by atoms with E-state index in [0.29, 0.717) is 13.1 Å². The molecular formula is C20H31N3O2. The predicted molar refractivity (Wildman–Crippen MR) is 100 cm³/mol. The molecule has 5 heteroatoms. The van der Waals surface area contributed by atoms with Gasteiger partial charge in [-0.1, -0.05) is 36.8 Å². The second-order valence-electron chi connectivity index (χ2n) is 7.01. The number of nitrogens with one attached hydrogen (secondary N) is 2. The average Bonchev–Trinajstić information content (AvgIpc) is 2.61. The summed E-state index contributed by atoms with van der Waals surface area (Å²) in [6, 6.07) is 8.40. The molecular weight excluding hydrogens is 314 g/mol. The number of likely N-dealkylation sites (tertiary alicyclic amines) is 1. The number of carbonyl (C=O) groups is 2. The second kappa shape index (κ2) is 8.88. The van der Waals surface area contributed by atoms with Crippen LogP contribution in [0.5, 0.6) is 0 Å². The zero-order valence-corrected chi connectivity index (χ0v) is 15.8. The van der Waals surface area contributed by atoms with E-state index in [9.17, 15) is 9.59 Å². The van der Waals surface area contributed by atoms with Gasteiger partial charge in [-0.15, -0.1) is 0 Å². The maximum Gasteiger partial charge on any atom is 0.317 e. The van der Waals surface area contributed by atoms with Crippen LogP contribution in [0.15, 0.2) is 24.3 Å². The number of piperidine rings is 1. The third-order valence-electron chi connectivity index (χ3n) is 4.97. The van der Waals surface area contributed by atoms with Gasteiger partial charge < -0.3 is 15.5 Å². The van der Waals surface area contributed by atoms with E-state index in [0.717, 1.165) is 24.8 Å². The molecule has 1 saturated heterocycles. The van der Waals surface area contributed by atoms with Crippen LogP contribution in [0, 0.1) is 12.8 Å². The highest BCUT2D eigenvalue weighted by atomic mass is 16.2. The molecule has 1 aliphatic rings. The molecule has 25 heavy (non-hydrogen) atoms. The minimum absolute atomic E-state index is 0.0269. The number of rotatable bonds is 5. The van der Waals surface area contributed by atoms with Crippen LogP contribution in [0.3, 0.4) is 0 Å². The Morgan fingerprint density at radius 1 is 1.28 bits per heavy atom. The van der Waals surface area contributed by atoms with Crippen LogP contribution in [0.25, 0.3) is 0 Å². The topological polar surface area (TPSA) is 61.4 Å². The first-order valence-electron chi connectivity index (χ1n) is 9.37. The Bertz CT molecular complexity index is 602. The average molecular weight is 345 g/mol. The van der Waals surface area contributed by atoms with Crippen LogP contribution in [0.4, 0.5) is 4.79 Å². The SMILES string of the molecule is CCNC(=O)N1CC(C(=O)NC(C)CC)CCC1c1cccc(C)c1. The summed E-state index contributed by atoms with van der Waals surface area (Å²) >= 11 is 0. The summed E-state index contributed by atoms with van der Waals surface area (Å²) in [6.45, 7) is 9.09. The van der Waals surface area contributed by atoms with Crippen LogP contribution in [0.1, 0.15) is 57.2 Å². The summed E-state index contributed by atoms with van der Waals surface area (Å²) in [5.41, 5.74) is 2.33. The number of aryl methyl sites for hydroxylation is 1. The molecule has 2 N–H and O–H groups in total. The lowest BCUT2D eigenvalue weighted by atomic mass is 9.88. The Kier molecular flexibility index (Phi) is 6.85. The summed E-state index contributed by atoms with van der Waals surface area (Å²) in [5, 5.41) is 5.95. The molecule has 0 radical (unpaired) electrons. The molecule has 0 bridgehead atoms. The van der Waals surface area contributed by atoms with Crippen molar-refractivity contribution in [2.24, 2.45) is 5.92 Å². The standard InChI is InChI=1S/C20H31N3O2/c1-5-15(4)22-19(24)17-10-11-18(16-9-7-8-14(3)12-16)23(13-17)20(25)21-6-2/h7-9,12,15,17-18H,5-6,10-11,13H2,1-4H3,(H,21,25)(H,22,24). The number of amides is 3. The second-order valence-corrected chi connectivity index (χ2v) is 7.01. The Hall–Kier alpha value is -2.04. The van der Waals surface area contributed by atoms with Crippen molar-refractivity contribution in [3.8, 4) is 0 Å². The van der Waals surface area contributed by atoms with E-state index in [-0.39, 0.29) is 29.9 Å².